The van der Waals surface area contributed by atoms with Gasteiger partial charge in [0.2, 0.25) is 0 Å². The number of carbonyl (C=O) groups excluding carboxylic acids is 2. The third kappa shape index (κ3) is 6.63. The average molecular weight is 621 g/mol. The van der Waals surface area contributed by atoms with Gasteiger partial charge >= 0.3 is 11.9 Å². The molecule has 2 aromatic carbocycles. The van der Waals surface area contributed by atoms with Crippen LogP contribution in [-0.2, 0) is 19.1 Å². The molecular formula is C32H32N2O9S. The first-order valence-corrected chi connectivity index (χ1v) is 14.5. The van der Waals surface area contributed by atoms with Crippen LogP contribution in [0.1, 0.15) is 37.9 Å². The maximum atomic E-state index is 14.1. The molecule has 1 aromatic heterocycles. The Morgan fingerprint density at radius 2 is 1.86 bits per heavy atom. The Hall–Kier alpha value is -5.02. The highest BCUT2D eigenvalue weighted by molar-refractivity contribution is 7.07. The maximum Gasteiger partial charge on any atom is 0.343 e. The quantitative estimate of drug-likeness (QED) is 0.222. The number of allylic oxidation sites excluding steroid dienone is 1. The maximum absolute atomic E-state index is 14.1. The van der Waals surface area contributed by atoms with Crippen molar-refractivity contribution in [1.29, 1.82) is 0 Å². The van der Waals surface area contributed by atoms with Crippen molar-refractivity contribution in [2.45, 2.75) is 26.8 Å². The number of ether oxygens (including phenoxy) is 6. The van der Waals surface area contributed by atoms with Crippen molar-refractivity contribution in [3.63, 3.8) is 0 Å². The van der Waals surface area contributed by atoms with E-state index in [0.29, 0.717) is 55.8 Å². The third-order valence-electron chi connectivity index (χ3n) is 6.49. The zero-order valence-electron chi connectivity index (χ0n) is 25.0. The number of fused-ring (bicyclic) bond motifs is 1. The smallest absolute Gasteiger partial charge is 0.343 e. The number of esters is 2. The first kappa shape index (κ1) is 31.9. The fraction of sp³-hybridized carbons (Fsp3) is 0.312. The average Bonchev–Trinajstić information content (AvgIpc) is 3.32. The van der Waals surface area contributed by atoms with Crippen LogP contribution in [0.4, 0.5) is 0 Å². The largest absolute Gasteiger partial charge is 0.493 e. The second-order valence-corrected chi connectivity index (χ2v) is 10.2. The molecular weight excluding hydrogens is 588 g/mol. The number of hydrogen-bond acceptors (Lipinski definition) is 11. The molecule has 1 atom stereocenters. The van der Waals surface area contributed by atoms with E-state index in [1.807, 2.05) is 0 Å². The summed E-state index contributed by atoms with van der Waals surface area (Å²) in [6, 6.07) is 9.36. The highest BCUT2D eigenvalue weighted by atomic mass is 32.1. The van der Waals surface area contributed by atoms with E-state index in [9.17, 15) is 14.4 Å². The van der Waals surface area contributed by atoms with Gasteiger partial charge in [-0.15, -0.1) is 6.42 Å². The lowest BCUT2D eigenvalue weighted by molar-refractivity contribution is -0.143. The summed E-state index contributed by atoms with van der Waals surface area (Å²) in [7, 11) is 2.77. The van der Waals surface area contributed by atoms with Crippen LogP contribution in [-0.4, -0.2) is 57.2 Å². The van der Waals surface area contributed by atoms with E-state index < -0.39 is 18.0 Å². The van der Waals surface area contributed by atoms with Crippen LogP contribution < -0.4 is 33.8 Å². The Labute approximate surface area is 257 Å². The molecule has 3 aromatic rings. The number of para-hydroxylation sites is 1. The summed E-state index contributed by atoms with van der Waals surface area (Å²) in [5.74, 6) is 2.74. The van der Waals surface area contributed by atoms with E-state index >= 15 is 0 Å². The molecule has 4 rings (SSSR count). The molecule has 2 heterocycles. The van der Waals surface area contributed by atoms with Gasteiger partial charge in [-0.2, -0.15) is 0 Å². The molecule has 1 aliphatic heterocycles. The third-order valence-corrected chi connectivity index (χ3v) is 7.47. The van der Waals surface area contributed by atoms with Crippen molar-refractivity contribution in [3.8, 4) is 35.3 Å². The highest BCUT2D eigenvalue weighted by Gasteiger charge is 2.34. The minimum Gasteiger partial charge on any atom is -0.493 e. The number of aromatic nitrogens is 1. The number of thiazole rings is 1. The summed E-state index contributed by atoms with van der Waals surface area (Å²) >= 11 is 1.16. The SMILES string of the molecule is C#CCOc1c(/C=c2/sc3n(c2=O)[C@H](c2ccc(OCC(=O)OC)c(OCC)c2)C(C(=O)OCC)=C(C)N=3)cccc1OC. The molecule has 1 aliphatic rings. The van der Waals surface area contributed by atoms with Crippen LogP contribution in [0.15, 0.2) is 57.5 Å². The molecule has 0 radical (unpaired) electrons. The van der Waals surface area contributed by atoms with Crippen LogP contribution in [0.3, 0.4) is 0 Å². The Morgan fingerprint density at radius 1 is 1.07 bits per heavy atom. The monoisotopic (exact) mass is 620 g/mol. The molecule has 0 amide bonds. The summed E-state index contributed by atoms with van der Waals surface area (Å²) in [4.78, 5) is 44.1. The van der Waals surface area contributed by atoms with Gasteiger partial charge in [-0.05, 0) is 50.6 Å². The Kier molecular flexibility index (Phi) is 10.5. The number of terminal acetylenes is 1. The molecule has 0 N–H and O–H groups in total. The van der Waals surface area contributed by atoms with E-state index in [0.717, 1.165) is 11.3 Å². The van der Waals surface area contributed by atoms with Crippen molar-refractivity contribution in [1.82, 2.24) is 4.57 Å². The standard InChI is InChI=1S/C32H32N2O9S/c1-7-15-42-29-21(11-10-12-23(29)38-5)17-25-30(36)34-28(27(31(37)41-9-3)19(4)33-32(34)44-25)20-13-14-22(24(16-20)40-8-2)43-18-26(35)39-6/h1,10-14,16-17,28H,8-9,15,18H2,2-6H3/b25-17+/t28-/m1/s1. The molecule has 0 unspecified atom stereocenters. The molecule has 0 saturated carbocycles. The predicted octanol–water partition coefficient (Wildman–Crippen LogP) is 2.77. The van der Waals surface area contributed by atoms with Gasteiger partial charge in [0.25, 0.3) is 5.56 Å². The first-order chi connectivity index (χ1) is 21.3. The van der Waals surface area contributed by atoms with Crippen molar-refractivity contribution in [3.05, 3.63) is 78.5 Å². The zero-order valence-corrected chi connectivity index (χ0v) is 25.8. The van der Waals surface area contributed by atoms with E-state index in [1.165, 1.54) is 18.8 Å². The summed E-state index contributed by atoms with van der Waals surface area (Å²) in [6.07, 6.45) is 7.08. The zero-order chi connectivity index (χ0) is 31.8. The summed E-state index contributed by atoms with van der Waals surface area (Å²) in [6.45, 7) is 5.31. The van der Waals surface area contributed by atoms with Crippen molar-refractivity contribution in [2.75, 3.05) is 40.6 Å². The predicted molar refractivity (Wildman–Crippen MR) is 163 cm³/mol. The Bertz CT molecular complexity index is 1810. The van der Waals surface area contributed by atoms with Crippen molar-refractivity contribution < 1.29 is 38.0 Å². The summed E-state index contributed by atoms with van der Waals surface area (Å²) in [5, 5.41) is 0. The minimum absolute atomic E-state index is 0.00601. The van der Waals surface area contributed by atoms with Gasteiger partial charge in [-0.25, -0.2) is 14.6 Å². The second-order valence-electron chi connectivity index (χ2n) is 9.18. The second kappa shape index (κ2) is 14.4. The number of hydrogen-bond donors (Lipinski definition) is 0. The fourth-order valence-electron chi connectivity index (χ4n) is 4.60. The van der Waals surface area contributed by atoms with Crippen LogP contribution in [0, 0.1) is 12.3 Å². The number of benzene rings is 2. The molecule has 230 valence electrons. The van der Waals surface area contributed by atoms with Gasteiger partial charge in [0.05, 0.1) is 49.3 Å². The van der Waals surface area contributed by atoms with E-state index in [-0.39, 0.29) is 31.0 Å². The molecule has 0 bridgehead atoms. The van der Waals surface area contributed by atoms with Gasteiger partial charge in [-0.1, -0.05) is 35.5 Å². The van der Waals surface area contributed by atoms with Gasteiger partial charge in [0, 0.05) is 5.56 Å². The summed E-state index contributed by atoms with van der Waals surface area (Å²) in [5.41, 5.74) is 1.35. The molecule has 0 aliphatic carbocycles. The normalized spacial score (nSPS) is 14.2. The van der Waals surface area contributed by atoms with Gasteiger partial charge in [0.15, 0.2) is 34.4 Å². The number of rotatable bonds is 12. The molecule has 12 heteroatoms. The summed E-state index contributed by atoms with van der Waals surface area (Å²) < 4.78 is 34.5. The lowest BCUT2D eigenvalue weighted by atomic mass is 9.95. The fourth-order valence-corrected chi connectivity index (χ4v) is 5.64. The Balaban J connectivity index is 1.92. The van der Waals surface area contributed by atoms with Gasteiger partial charge < -0.3 is 28.4 Å². The topological polar surface area (TPSA) is 124 Å². The van der Waals surface area contributed by atoms with Crippen molar-refractivity contribution in [2.24, 2.45) is 4.99 Å². The lowest BCUT2D eigenvalue weighted by Gasteiger charge is -2.25. The van der Waals surface area contributed by atoms with E-state index in [1.54, 1.807) is 63.2 Å². The molecule has 11 nitrogen and oxygen atoms in total. The van der Waals surface area contributed by atoms with E-state index in [4.69, 9.17) is 30.1 Å². The lowest BCUT2D eigenvalue weighted by Crippen LogP contribution is -2.40. The van der Waals surface area contributed by atoms with Crippen LogP contribution in [0.25, 0.3) is 6.08 Å². The van der Waals surface area contributed by atoms with Crippen LogP contribution >= 0.6 is 11.3 Å². The molecule has 0 fully saturated rings. The van der Waals surface area contributed by atoms with Gasteiger partial charge in [-0.3, -0.25) is 9.36 Å². The number of carbonyl (C=O) groups is 2. The molecule has 44 heavy (non-hydrogen) atoms. The van der Waals surface area contributed by atoms with Crippen LogP contribution in [0.5, 0.6) is 23.0 Å². The van der Waals surface area contributed by atoms with Gasteiger partial charge in [0.1, 0.15) is 6.61 Å². The van der Waals surface area contributed by atoms with Crippen LogP contribution in [0.2, 0.25) is 0 Å². The number of methoxy groups -OCH3 is 2. The number of nitrogens with zero attached hydrogens (tertiary/aromatic N) is 2. The molecule has 0 spiro atoms. The highest BCUT2D eigenvalue weighted by Crippen LogP contribution is 2.37. The van der Waals surface area contributed by atoms with Crippen molar-refractivity contribution >= 4 is 29.4 Å². The molecule has 0 saturated heterocycles. The van der Waals surface area contributed by atoms with E-state index in [2.05, 4.69) is 15.6 Å². The first-order valence-electron chi connectivity index (χ1n) is 13.7. The minimum atomic E-state index is -0.899. The Morgan fingerprint density at radius 3 is 2.55 bits per heavy atom.